The van der Waals surface area contributed by atoms with Gasteiger partial charge in [0, 0.05) is 30.4 Å². The van der Waals surface area contributed by atoms with Crippen molar-refractivity contribution in [2.75, 3.05) is 27.3 Å². The molecule has 4 amide bonds. The number of methoxy groups -OCH3 is 2. The van der Waals surface area contributed by atoms with Crippen molar-refractivity contribution in [3.63, 3.8) is 0 Å². The lowest BCUT2D eigenvalue weighted by molar-refractivity contribution is -0.136. The van der Waals surface area contributed by atoms with Gasteiger partial charge in [-0.1, -0.05) is 63.6 Å². The van der Waals surface area contributed by atoms with Crippen LogP contribution in [0.15, 0.2) is 54.7 Å². The normalized spacial score (nSPS) is 18.1. The van der Waals surface area contributed by atoms with E-state index in [1.807, 2.05) is 58.2 Å². The van der Waals surface area contributed by atoms with Crippen molar-refractivity contribution in [1.29, 1.82) is 0 Å². The highest BCUT2D eigenvalue weighted by Gasteiger charge is 2.39. The highest BCUT2D eigenvalue weighted by atomic mass is 35.5. The molecule has 7 rings (SSSR count). The molecular formula is C42H49ClN8O6. The van der Waals surface area contributed by atoms with Gasteiger partial charge in [0.05, 0.1) is 48.1 Å². The van der Waals surface area contributed by atoms with Crippen molar-refractivity contribution >= 4 is 57.4 Å². The average molecular weight is 797 g/mol. The van der Waals surface area contributed by atoms with Gasteiger partial charge in [-0.3, -0.25) is 9.59 Å². The number of H-pyrrole nitrogens is 2. The fourth-order valence-corrected chi connectivity index (χ4v) is 8.32. The first-order valence-electron chi connectivity index (χ1n) is 19.5. The van der Waals surface area contributed by atoms with Gasteiger partial charge in [0.15, 0.2) is 0 Å². The number of likely N-dealkylation sites (tertiary alicyclic amines) is 2. The Morgan fingerprint density at radius 1 is 0.754 bits per heavy atom. The molecular weight excluding hydrogens is 748 g/mol. The standard InChI is InChI=1S/C42H49ClN8O6/c1-22(2)35(48-41(54)56-5)39(52)50-15-7-9-33(50)37-44-21-32(47-37)27-14-12-24-17-26(13-11-25(24)18-27)28-19-30-31(20-29(28)43)46-38(45-30)34-10-8-16-51(34)40(53)36(23(3)4)49-42(55)57-6/h11-14,17-23,33-36H,7-10,15-16H2,1-6H3,(H,44,47)(H,45,46)(H,48,54)(H,49,55)/t33-,34-,35-,36-/m0/s1. The van der Waals surface area contributed by atoms with Gasteiger partial charge in [0.1, 0.15) is 23.7 Å². The van der Waals surface area contributed by atoms with Crippen molar-refractivity contribution in [1.82, 2.24) is 40.4 Å². The molecule has 3 aromatic carbocycles. The third-order valence-corrected chi connectivity index (χ3v) is 11.4. The summed E-state index contributed by atoms with van der Waals surface area (Å²) in [5, 5.41) is 8.01. The van der Waals surface area contributed by atoms with Crippen LogP contribution in [0.25, 0.3) is 44.2 Å². The number of halogens is 1. The molecule has 5 aromatic rings. The van der Waals surface area contributed by atoms with Gasteiger partial charge in [0.25, 0.3) is 0 Å². The number of rotatable bonds is 10. The molecule has 0 saturated carbocycles. The number of nitrogens with one attached hydrogen (secondary N) is 4. The molecule has 0 aliphatic carbocycles. The summed E-state index contributed by atoms with van der Waals surface area (Å²) < 4.78 is 9.54. The van der Waals surface area contributed by atoms with Crippen LogP contribution in [0.3, 0.4) is 0 Å². The minimum absolute atomic E-state index is 0.116. The topological polar surface area (TPSA) is 175 Å². The Morgan fingerprint density at radius 3 is 1.86 bits per heavy atom. The smallest absolute Gasteiger partial charge is 0.407 e. The van der Waals surface area contributed by atoms with Crippen LogP contribution in [0.5, 0.6) is 0 Å². The number of hydrogen-bond acceptors (Lipinski definition) is 8. The molecule has 15 heteroatoms. The minimum Gasteiger partial charge on any atom is -0.453 e. The predicted molar refractivity (Wildman–Crippen MR) is 217 cm³/mol. The number of ether oxygens (including phenoxy) is 2. The highest BCUT2D eigenvalue weighted by molar-refractivity contribution is 6.34. The molecule has 57 heavy (non-hydrogen) atoms. The van der Waals surface area contributed by atoms with E-state index in [9.17, 15) is 19.2 Å². The third kappa shape index (κ3) is 8.00. The molecule has 2 aliphatic rings. The van der Waals surface area contributed by atoms with Crippen molar-refractivity contribution < 1.29 is 28.7 Å². The second-order valence-electron chi connectivity index (χ2n) is 15.5. The Bertz CT molecular complexity index is 2320. The van der Waals surface area contributed by atoms with E-state index in [-0.39, 0.29) is 35.7 Å². The molecule has 0 radical (unpaired) electrons. The Hall–Kier alpha value is -5.63. The van der Waals surface area contributed by atoms with E-state index >= 15 is 0 Å². The fourth-order valence-electron chi connectivity index (χ4n) is 8.04. The lowest BCUT2D eigenvalue weighted by Crippen LogP contribution is -2.51. The quantitative estimate of drug-likeness (QED) is 0.112. The van der Waals surface area contributed by atoms with Gasteiger partial charge >= 0.3 is 12.2 Å². The Kier molecular flexibility index (Phi) is 11.4. The predicted octanol–water partition coefficient (Wildman–Crippen LogP) is 7.51. The summed E-state index contributed by atoms with van der Waals surface area (Å²) in [6.07, 6.45) is 3.77. The zero-order chi connectivity index (χ0) is 40.5. The Labute approximate surface area is 336 Å². The first-order chi connectivity index (χ1) is 27.4. The van der Waals surface area contributed by atoms with Gasteiger partial charge in [0.2, 0.25) is 11.8 Å². The van der Waals surface area contributed by atoms with Crippen molar-refractivity contribution in [2.24, 2.45) is 11.8 Å². The molecule has 4 N–H and O–H groups in total. The van der Waals surface area contributed by atoms with Crippen LogP contribution in [-0.2, 0) is 19.1 Å². The van der Waals surface area contributed by atoms with Gasteiger partial charge in [-0.05, 0) is 78.1 Å². The second kappa shape index (κ2) is 16.5. The lowest BCUT2D eigenvalue weighted by Gasteiger charge is -2.29. The SMILES string of the molecule is COC(=O)N[C@H](C(=O)N1CCC[C@H]1c1nc(-c2ccc3cc(-c4cc5nc([C@@H]6CCCN6C(=O)[C@@H](NC(=O)OC)C(C)C)[nH]c5cc4Cl)ccc3c2)c[nH]1)C(C)C. The van der Waals surface area contributed by atoms with E-state index in [1.54, 1.807) is 9.80 Å². The number of fused-ring (bicyclic) bond motifs is 2. The summed E-state index contributed by atoms with van der Waals surface area (Å²) in [5.41, 5.74) is 5.00. The average Bonchev–Trinajstić information content (AvgIpc) is 4.03. The highest BCUT2D eigenvalue weighted by Crippen LogP contribution is 2.38. The number of alkyl carbamates (subject to hydrolysis) is 2. The number of benzene rings is 3. The van der Waals surface area contributed by atoms with E-state index in [1.165, 1.54) is 14.2 Å². The number of carbonyl (C=O) groups excluding carboxylic acids is 4. The summed E-state index contributed by atoms with van der Waals surface area (Å²) in [6.45, 7) is 8.72. The largest absolute Gasteiger partial charge is 0.453 e. The summed E-state index contributed by atoms with van der Waals surface area (Å²) in [6, 6.07) is 14.3. The molecule has 0 bridgehead atoms. The van der Waals surface area contributed by atoms with Crippen LogP contribution < -0.4 is 10.6 Å². The zero-order valence-corrected chi connectivity index (χ0v) is 33.8. The van der Waals surface area contributed by atoms with Gasteiger partial charge in [-0.15, -0.1) is 0 Å². The second-order valence-corrected chi connectivity index (χ2v) is 15.9. The number of aromatic nitrogens is 4. The summed E-state index contributed by atoms with van der Waals surface area (Å²) in [7, 11) is 2.57. The number of nitrogens with zero attached hydrogens (tertiary/aromatic N) is 4. The van der Waals surface area contributed by atoms with E-state index in [2.05, 4.69) is 44.9 Å². The van der Waals surface area contributed by atoms with Gasteiger partial charge in [-0.2, -0.15) is 0 Å². The molecule has 4 heterocycles. The van der Waals surface area contributed by atoms with Crippen LogP contribution in [0.4, 0.5) is 9.59 Å². The molecule has 2 aliphatic heterocycles. The molecule has 0 unspecified atom stereocenters. The maximum absolute atomic E-state index is 13.7. The van der Waals surface area contributed by atoms with Crippen LogP contribution in [0, 0.1) is 11.8 Å². The summed E-state index contributed by atoms with van der Waals surface area (Å²) in [5.74, 6) is 0.831. The van der Waals surface area contributed by atoms with Gasteiger partial charge in [-0.25, -0.2) is 19.6 Å². The number of aromatic amines is 2. The zero-order valence-electron chi connectivity index (χ0n) is 33.0. The Balaban J connectivity index is 1.09. The maximum atomic E-state index is 13.7. The molecule has 0 spiro atoms. The number of imidazole rings is 2. The van der Waals surface area contributed by atoms with Crippen molar-refractivity contribution in [2.45, 2.75) is 77.5 Å². The molecule has 14 nitrogen and oxygen atoms in total. The van der Waals surface area contributed by atoms with Crippen molar-refractivity contribution in [3.8, 4) is 22.4 Å². The van der Waals surface area contributed by atoms with Crippen LogP contribution in [0.2, 0.25) is 5.02 Å². The molecule has 4 atom stereocenters. The Morgan fingerprint density at radius 2 is 1.30 bits per heavy atom. The summed E-state index contributed by atoms with van der Waals surface area (Å²) >= 11 is 6.90. The monoisotopic (exact) mass is 796 g/mol. The summed E-state index contributed by atoms with van der Waals surface area (Å²) in [4.78, 5) is 71.5. The minimum atomic E-state index is -0.716. The van der Waals surface area contributed by atoms with Crippen molar-refractivity contribution in [3.05, 3.63) is 71.4 Å². The van der Waals surface area contributed by atoms with Crippen LogP contribution in [-0.4, -0.2) is 93.1 Å². The maximum Gasteiger partial charge on any atom is 0.407 e. The fraction of sp³-hybridized carbons (Fsp3) is 0.429. The van der Waals surface area contributed by atoms with E-state index in [4.69, 9.17) is 31.0 Å². The first kappa shape index (κ1) is 39.6. The van der Waals surface area contributed by atoms with Crippen LogP contribution >= 0.6 is 11.6 Å². The third-order valence-electron chi connectivity index (χ3n) is 11.1. The molecule has 2 aromatic heterocycles. The van der Waals surface area contributed by atoms with E-state index in [0.717, 1.165) is 69.9 Å². The number of carbonyl (C=O) groups is 4. The number of hydrogen-bond donors (Lipinski definition) is 4. The lowest BCUT2D eigenvalue weighted by atomic mass is 9.99. The molecule has 300 valence electrons. The molecule has 2 fully saturated rings. The van der Waals surface area contributed by atoms with E-state index in [0.29, 0.717) is 29.8 Å². The number of amides is 4. The first-order valence-corrected chi connectivity index (χ1v) is 19.8. The molecule has 2 saturated heterocycles. The van der Waals surface area contributed by atoms with E-state index < -0.39 is 24.3 Å². The van der Waals surface area contributed by atoms with Gasteiger partial charge < -0.3 is 39.9 Å². The van der Waals surface area contributed by atoms with Crippen LogP contribution in [0.1, 0.15) is 77.1 Å².